The molecule has 17 heavy (non-hydrogen) atoms. The van der Waals surface area contributed by atoms with Gasteiger partial charge in [-0.1, -0.05) is 27.7 Å². The molecule has 0 radical (unpaired) electrons. The maximum absolute atomic E-state index is 5.77. The highest BCUT2D eigenvalue weighted by Gasteiger charge is 2.17. The van der Waals surface area contributed by atoms with Gasteiger partial charge in [0.15, 0.2) is 0 Å². The Kier molecular flexibility index (Phi) is 5.67. The number of hydrogen-bond donors (Lipinski definition) is 1. The Bertz CT molecular complexity index is 361. The van der Waals surface area contributed by atoms with Crippen molar-refractivity contribution in [2.24, 2.45) is 17.8 Å². The molecule has 1 heterocycles. The third-order valence-electron chi connectivity index (χ3n) is 2.93. The zero-order valence-corrected chi connectivity index (χ0v) is 13.0. The van der Waals surface area contributed by atoms with Gasteiger partial charge in [-0.3, -0.25) is 0 Å². The first-order valence-corrected chi connectivity index (χ1v) is 7.00. The van der Waals surface area contributed by atoms with Crippen LogP contribution in [-0.4, -0.2) is 16.5 Å². The predicted molar refractivity (Wildman–Crippen MR) is 76.4 cm³/mol. The van der Waals surface area contributed by atoms with Crippen molar-refractivity contribution in [1.82, 2.24) is 9.97 Å². The maximum Gasteiger partial charge on any atom is 0.224 e. The van der Waals surface area contributed by atoms with Crippen molar-refractivity contribution < 1.29 is 0 Å². The Labute approximate surface area is 117 Å². The fraction of sp³-hybridized carbons (Fsp3) is 0.667. The quantitative estimate of drug-likeness (QED) is 0.825. The lowest BCUT2D eigenvalue weighted by Gasteiger charge is -2.25. The summed E-state index contributed by atoms with van der Waals surface area (Å²) in [6.45, 7) is 9.87. The van der Waals surface area contributed by atoms with E-state index >= 15 is 0 Å². The molecule has 0 amide bonds. The molecule has 1 aromatic heterocycles. The molecule has 0 atom stereocenters. The molecule has 1 aromatic rings. The minimum Gasteiger partial charge on any atom is -0.369 e. The van der Waals surface area contributed by atoms with Gasteiger partial charge >= 0.3 is 0 Å². The van der Waals surface area contributed by atoms with Gasteiger partial charge in [-0.15, -0.1) is 0 Å². The maximum atomic E-state index is 5.77. The van der Waals surface area contributed by atoms with Crippen LogP contribution in [-0.2, 0) is 0 Å². The number of nitrogens with zero attached hydrogens (tertiary/aromatic N) is 2. The molecule has 0 aliphatic heterocycles. The first kappa shape index (κ1) is 14.7. The van der Waals surface area contributed by atoms with Gasteiger partial charge in [0.2, 0.25) is 5.28 Å². The molecule has 5 heteroatoms. The Balaban J connectivity index is 2.68. The molecular weight excluding hydrogens is 302 g/mol. The minimum atomic E-state index is 0.265. The Morgan fingerprint density at radius 2 is 1.88 bits per heavy atom. The van der Waals surface area contributed by atoms with Crippen molar-refractivity contribution in [3.8, 4) is 0 Å². The van der Waals surface area contributed by atoms with Crippen LogP contribution in [0.25, 0.3) is 0 Å². The average Bonchev–Trinajstić information content (AvgIpc) is 2.22. The highest BCUT2D eigenvalue weighted by Crippen LogP contribution is 2.24. The zero-order chi connectivity index (χ0) is 13.0. The van der Waals surface area contributed by atoms with Crippen molar-refractivity contribution in [2.45, 2.75) is 27.7 Å². The van der Waals surface area contributed by atoms with E-state index < -0.39 is 0 Å². The molecule has 1 rings (SSSR count). The molecule has 0 aliphatic carbocycles. The van der Waals surface area contributed by atoms with E-state index in [-0.39, 0.29) is 5.28 Å². The van der Waals surface area contributed by atoms with Crippen LogP contribution >= 0.6 is 27.5 Å². The van der Waals surface area contributed by atoms with E-state index in [4.69, 9.17) is 11.6 Å². The van der Waals surface area contributed by atoms with Gasteiger partial charge < -0.3 is 5.32 Å². The Hall–Kier alpha value is -0.350. The number of anilines is 1. The van der Waals surface area contributed by atoms with Crippen LogP contribution < -0.4 is 5.32 Å². The third kappa shape index (κ3) is 4.43. The summed E-state index contributed by atoms with van der Waals surface area (Å²) >= 11 is 9.18. The summed E-state index contributed by atoms with van der Waals surface area (Å²) in [6.07, 6.45) is 1.66. The van der Waals surface area contributed by atoms with Gasteiger partial charge in [-0.05, 0) is 45.3 Å². The Morgan fingerprint density at radius 3 is 2.41 bits per heavy atom. The average molecular weight is 321 g/mol. The van der Waals surface area contributed by atoms with Crippen LogP contribution in [0, 0.1) is 17.8 Å². The smallest absolute Gasteiger partial charge is 0.224 e. The van der Waals surface area contributed by atoms with Crippen LogP contribution in [0.4, 0.5) is 5.82 Å². The molecular formula is C12H19BrClN3. The minimum absolute atomic E-state index is 0.265. The number of hydrogen-bond acceptors (Lipinski definition) is 3. The lowest BCUT2D eigenvalue weighted by molar-refractivity contribution is 0.304. The fourth-order valence-corrected chi connectivity index (χ4v) is 2.39. The SMILES string of the molecule is CC(C)C(CNc1nc(Cl)ncc1Br)C(C)C. The predicted octanol–water partition coefficient (Wildman–Crippen LogP) is 4.23. The standard InChI is InChI=1S/C12H19BrClN3/c1-7(2)9(8(3)4)5-15-11-10(13)6-16-12(14)17-11/h6-9H,5H2,1-4H3,(H,15,16,17). The molecule has 0 saturated heterocycles. The molecule has 0 unspecified atom stereocenters. The van der Waals surface area contributed by atoms with E-state index in [9.17, 15) is 0 Å². The van der Waals surface area contributed by atoms with Gasteiger partial charge in [-0.2, -0.15) is 4.98 Å². The second kappa shape index (κ2) is 6.55. The Morgan fingerprint density at radius 1 is 1.29 bits per heavy atom. The van der Waals surface area contributed by atoms with Crippen molar-refractivity contribution in [2.75, 3.05) is 11.9 Å². The molecule has 96 valence electrons. The molecule has 0 bridgehead atoms. The highest BCUT2D eigenvalue weighted by molar-refractivity contribution is 9.10. The van der Waals surface area contributed by atoms with Gasteiger partial charge in [0.25, 0.3) is 0 Å². The summed E-state index contributed by atoms with van der Waals surface area (Å²) in [6, 6.07) is 0. The summed E-state index contributed by atoms with van der Waals surface area (Å²) in [5.41, 5.74) is 0. The number of rotatable bonds is 5. The normalized spacial score (nSPS) is 11.6. The zero-order valence-electron chi connectivity index (χ0n) is 10.7. The number of nitrogens with one attached hydrogen (secondary N) is 1. The van der Waals surface area contributed by atoms with E-state index in [2.05, 4.69) is 58.9 Å². The van der Waals surface area contributed by atoms with Crippen LogP contribution in [0.1, 0.15) is 27.7 Å². The van der Waals surface area contributed by atoms with E-state index in [0.717, 1.165) is 16.8 Å². The molecule has 3 nitrogen and oxygen atoms in total. The van der Waals surface area contributed by atoms with E-state index in [0.29, 0.717) is 17.8 Å². The first-order valence-electron chi connectivity index (χ1n) is 5.83. The highest BCUT2D eigenvalue weighted by atomic mass is 79.9. The first-order chi connectivity index (χ1) is 7.91. The van der Waals surface area contributed by atoms with E-state index in [1.165, 1.54) is 0 Å². The summed E-state index contributed by atoms with van der Waals surface area (Å²) in [5.74, 6) is 2.64. The van der Waals surface area contributed by atoms with Gasteiger partial charge in [-0.25, -0.2) is 4.98 Å². The molecule has 0 saturated carbocycles. The summed E-state index contributed by atoms with van der Waals surface area (Å²) in [5, 5.41) is 3.60. The van der Waals surface area contributed by atoms with Crippen LogP contribution in [0.5, 0.6) is 0 Å². The number of aromatic nitrogens is 2. The molecule has 0 spiro atoms. The summed E-state index contributed by atoms with van der Waals surface area (Å²) in [4.78, 5) is 8.06. The van der Waals surface area contributed by atoms with Crippen molar-refractivity contribution in [3.05, 3.63) is 16.0 Å². The number of halogens is 2. The van der Waals surface area contributed by atoms with Gasteiger partial charge in [0.05, 0.1) is 4.47 Å². The second-order valence-corrected chi connectivity index (χ2v) is 6.06. The summed E-state index contributed by atoms with van der Waals surface area (Å²) in [7, 11) is 0. The van der Waals surface area contributed by atoms with Crippen molar-refractivity contribution in [3.63, 3.8) is 0 Å². The van der Waals surface area contributed by atoms with Crippen LogP contribution in [0.2, 0.25) is 5.28 Å². The molecule has 0 fully saturated rings. The third-order valence-corrected chi connectivity index (χ3v) is 3.69. The van der Waals surface area contributed by atoms with Crippen molar-refractivity contribution >= 4 is 33.3 Å². The summed E-state index contributed by atoms with van der Waals surface area (Å²) < 4.78 is 0.841. The second-order valence-electron chi connectivity index (χ2n) is 4.87. The van der Waals surface area contributed by atoms with Gasteiger partial charge in [0, 0.05) is 12.7 Å². The largest absolute Gasteiger partial charge is 0.369 e. The fourth-order valence-electron chi connectivity index (χ4n) is 1.93. The van der Waals surface area contributed by atoms with E-state index in [1.54, 1.807) is 6.20 Å². The van der Waals surface area contributed by atoms with Crippen molar-refractivity contribution in [1.29, 1.82) is 0 Å². The monoisotopic (exact) mass is 319 g/mol. The molecule has 0 aromatic carbocycles. The van der Waals surface area contributed by atoms with Gasteiger partial charge in [0.1, 0.15) is 5.82 Å². The van der Waals surface area contributed by atoms with E-state index in [1.807, 2.05) is 0 Å². The lowest BCUT2D eigenvalue weighted by Crippen LogP contribution is -2.25. The molecule has 1 N–H and O–H groups in total. The van der Waals surface area contributed by atoms with Crippen LogP contribution in [0.15, 0.2) is 10.7 Å². The molecule has 0 aliphatic rings. The van der Waals surface area contributed by atoms with Crippen LogP contribution in [0.3, 0.4) is 0 Å². The lowest BCUT2D eigenvalue weighted by atomic mass is 9.85. The topological polar surface area (TPSA) is 37.8 Å².